The van der Waals surface area contributed by atoms with Crippen molar-refractivity contribution in [2.75, 3.05) is 10.6 Å². The molecule has 0 saturated heterocycles. The lowest BCUT2D eigenvalue weighted by molar-refractivity contribution is 0.242. The number of hydrogen-bond acceptors (Lipinski definition) is 3. The van der Waals surface area contributed by atoms with Gasteiger partial charge in [0.1, 0.15) is 17.4 Å². The molecule has 2 N–H and O–H groups in total. The van der Waals surface area contributed by atoms with Crippen molar-refractivity contribution >= 4 is 17.5 Å². The van der Waals surface area contributed by atoms with Gasteiger partial charge in [0.25, 0.3) is 0 Å². The quantitative estimate of drug-likeness (QED) is 0.655. The van der Waals surface area contributed by atoms with Gasteiger partial charge in [-0.15, -0.1) is 0 Å². The fraction of sp³-hybridized carbons (Fsp3) is 0.238. The third-order valence-corrected chi connectivity index (χ3v) is 4.07. The molecule has 146 valence electrons. The fourth-order valence-electron chi connectivity index (χ4n) is 2.96. The maximum atomic E-state index is 13.6. The van der Waals surface area contributed by atoms with E-state index in [0.717, 1.165) is 16.8 Å². The van der Waals surface area contributed by atoms with E-state index in [4.69, 9.17) is 4.74 Å². The minimum atomic E-state index is -0.472. The van der Waals surface area contributed by atoms with E-state index in [9.17, 15) is 9.18 Å². The third-order valence-electron chi connectivity index (χ3n) is 4.07. The van der Waals surface area contributed by atoms with Gasteiger partial charge in [-0.2, -0.15) is 5.10 Å². The number of anilines is 2. The summed E-state index contributed by atoms with van der Waals surface area (Å²) in [5, 5.41) is 9.98. The molecule has 0 saturated carbocycles. The number of rotatable bonds is 5. The van der Waals surface area contributed by atoms with Gasteiger partial charge in [0, 0.05) is 18.7 Å². The Labute approximate surface area is 163 Å². The lowest BCUT2D eigenvalue weighted by Crippen LogP contribution is -2.22. The molecule has 0 unspecified atom stereocenters. The molecule has 6 nitrogen and oxygen atoms in total. The Kier molecular flexibility index (Phi) is 5.63. The summed E-state index contributed by atoms with van der Waals surface area (Å²) in [7, 11) is 1.76. The van der Waals surface area contributed by atoms with E-state index in [1.165, 1.54) is 18.2 Å². The van der Waals surface area contributed by atoms with E-state index in [2.05, 4.69) is 15.7 Å². The number of carbonyl (C=O) groups is 1. The van der Waals surface area contributed by atoms with Crippen LogP contribution < -0.4 is 15.4 Å². The number of hydrogen-bond donors (Lipinski definition) is 2. The Hall–Kier alpha value is -3.35. The second-order valence-corrected chi connectivity index (χ2v) is 6.68. The van der Waals surface area contributed by atoms with Gasteiger partial charge < -0.3 is 10.1 Å². The number of nitrogens with one attached hydrogen (secondary N) is 2. The van der Waals surface area contributed by atoms with Crippen molar-refractivity contribution in [2.24, 2.45) is 7.05 Å². The normalized spacial score (nSPS) is 10.8. The van der Waals surface area contributed by atoms with Crippen LogP contribution in [-0.4, -0.2) is 21.9 Å². The summed E-state index contributed by atoms with van der Waals surface area (Å²) in [6, 6.07) is 13.2. The minimum absolute atomic E-state index is 0.158. The predicted molar refractivity (Wildman–Crippen MR) is 108 cm³/mol. The standard InChI is InChI=1S/C21H23FN4O2/c1-13(2)28-18-12-16(22)10-11-17(18)23-21(27)24-20-19(14(3)25-26(20)4)15-8-6-5-7-9-15/h5-13H,1-4H3,(H2,23,24,27). The van der Waals surface area contributed by atoms with Crippen LogP contribution in [0.15, 0.2) is 48.5 Å². The van der Waals surface area contributed by atoms with Gasteiger partial charge in [-0.25, -0.2) is 9.18 Å². The number of halogens is 1. The maximum Gasteiger partial charge on any atom is 0.324 e. The Balaban J connectivity index is 1.86. The molecule has 2 aromatic carbocycles. The van der Waals surface area contributed by atoms with Crippen LogP contribution in [0.1, 0.15) is 19.5 Å². The highest BCUT2D eigenvalue weighted by molar-refractivity contribution is 6.02. The molecule has 28 heavy (non-hydrogen) atoms. The second-order valence-electron chi connectivity index (χ2n) is 6.68. The third kappa shape index (κ3) is 4.31. The van der Waals surface area contributed by atoms with Gasteiger partial charge in [0.2, 0.25) is 0 Å². The van der Waals surface area contributed by atoms with Gasteiger partial charge in [0.15, 0.2) is 0 Å². The molecule has 0 spiro atoms. The molecule has 3 rings (SSSR count). The largest absolute Gasteiger partial charge is 0.489 e. The Morgan fingerprint density at radius 2 is 1.86 bits per heavy atom. The van der Waals surface area contributed by atoms with E-state index in [-0.39, 0.29) is 11.9 Å². The van der Waals surface area contributed by atoms with E-state index in [0.29, 0.717) is 11.5 Å². The zero-order valence-corrected chi connectivity index (χ0v) is 16.3. The summed E-state index contributed by atoms with van der Waals surface area (Å²) >= 11 is 0. The number of urea groups is 1. The molecule has 1 aromatic heterocycles. The molecule has 0 bridgehead atoms. The molecule has 1 heterocycles. The van der Waals surface area contributed by atoms with E-state index in [1.807, 2.05) is 51.1 Å². The molecular weight excluding hydrogens is 359 g/mol. The zero-order valence-electron chi connectivity index (χ0n) is 16.3. The maximum absolute atomic E-state index is 13.6. The smallest absolute Gasteiger partial charge is 0.324 e. The summed E-state index contributed by atoms with van der Waals surface area (Å²) in [6.45, 7) is 5.55. The van der Waals surface area contributed by atoms with Gasteiger partial charge in [0.05, 0.1) is 17.5 Å². The molecule has 0 aliphatic heterocycles. The lowest BCUT2D eigenvalue weighted by Gasteiger charge is -2.16. The van der Waals surface area contributed by atoms with Crippen molar-refractivity contribution in [1.82, 2.24) is 9.78 Å². The van der Waals surface area contributed by atoms with Crippen molar-refractivity contribution in [3.8, 4) is 16.9 Å². The first-order valence-corrected chi connectivity index (χ1v) is 8.98. The van der Waals surface area contributed by atoms with Crippen molar-refractivity contribution < 1.29 is 13.9 Å². The van der Waals surface area contributed by atoms with E-state index >= 15 is 0 Å². The summed E-state index contributed by atoms with van der Waals surface area (Å²) in [5.74, 6) is 0.402. The van der Waals surface area contributed by atoms with Gasteiger partial charge in [-0.05, 0) is 38.5 Å². The first-order valence-electron chi connectivity index (χ1n) is 8.98. The van der Waals surface area contributed by atoms with E-state index < -0.39 is 11.8 Å². The molecule has 2 amide bonds. The topological polar surface area (TPSA) is 68.2 Å². The molecule has 0 atom stereocenters. The first kappa shape index (κ1) is 19.4. The highest BCUT2D eigenvalue weighted by Crippen LogP contribution is 2.31. The van der Waals surface area contributed by atoms with Crippen molar-refractivity contribution in [1.29, 1.82) is 0 Å². The van der Waals surface area contributed by atoms with Crippen LogP contribution in [0, 0.1) is 12.7 Å². The number of benzene rings is 2. The fourth-order valence-corrected chi connectivity index (χ4v) is 2.96. The zero-order chi connectivity index (χ0) is 20.3. The summed E-state index contributed by atoms with van der Waals surface area (Å²) in [5.41, 5.74) is 2.98. The Morgan fingerprint density at radius 1 is 1.14 bits per heavy atom. The number of ether oxygens (including phenoxy) is 1. The van der Waals surface area contributed by atoms with Crippen LogP contribution in [-0.2, 0) is 7.05 Å². The average molecular weight is 382 g/mol. The molecule has 3 aromatic rings. The highest BCUT2D eigenvalue weighted by Gasteiger charge is 2.18. The Bertz CT molecular complexity index is 984. The van der Waals surface area contributed by atoms with Crippen LogP contribution in [0.2, 0.25) is 0 Å². The van der Waals surface area contributed by atoms with Crippen LogP contribution in [0.3, 0.4) is 0 Å². The second kappa shape index (κ2) is 8.12. The van der Waals surface area contributed by atoms with Gasteiger partial charge in [-0.3, -0.25) is 10.00 Å². The van der Waals surface area contributed by atoms with Crippen LogP contribution >= 0.6 is 0 Å². The average Bonchev–Trinajstić information content (AvgIpc) is 2.91. The number of aryl methyl sites for hydroxylation is 2. The van der Waals surface area contributed by atoms with Crippen molar-refractivity contribution in [2.45, 2.75) is 26.9 Å². The monoisotopic (exact) mass is 382 g/mol. The van der Waals surface area contributed by atoms with Crippen LogP contribution in [0.5, 0.6) is 5.75 Å². The SMILES string of the molecule is Cc1nn(C)c(NC(=O)Nc2ccc(F)cc2OC(C)C)c1-c1ccccc1. The van der Waals surface area contributed by atoms with Gasteiger partial charge >= 0.3 is 6.03 Å². The van der Waals surface area contributed by atoms with Crippen molar-refractivity contribution in [3.05, 3.63) is 60.0 Å². The molecule has 7 heteroatoms. The molecule has 0 radical (unpaired) electrons. The lowest BCUT2D eigenvalue weighted by atomic mass is 10.1. The predicted octanol–water partition coefficient (Wildman–Crippen LogP) is 4.97. The van der Waals surface area contributed by atoms with Crippen LogP contribution in [0.25, 0.3) is 11.1 Å². The summed E-state index contributed by atoms with van der Waals surface area (Å²) in [4.78, 5) is 12.6. The van der Waals surface area contributed by atoms with Crippen molar-refractivity contribution in [3.63, 3.8) is 0 Å². The summed E-state index contributed by atoms with van der Waals surface area (Å²) in [6.07, 6.45) is -0.158. The number of amides is 2. The van der Waals surface area contributed by atoms with Gasteiger partial charge in [-0.1, -0.05) is 30.3 Å². The molecule has 0 aliphatic rings. The molecule has 0 fully saturated rings. The number of aromatic nitrogens is 2. The molecular formula is C21H23FN4O2. The number of carbonyl (C=O) groups excluding carboxylic acids is 1. The Morgan fingerprint density at radius 3 is 2.54 bits per heavy atom. The molecule has 0 aliphatic carbocycles. The highest BCUT2D eigenvalue weighted by atomic mass is 19.1. The summed E-state index contributed by atoms with van der Waals surface area (Å²) < 4.78 is 20.8. The minimum Gasteiger partial charge on any atom is -0.489 e. The number of nitrogens with zero attached hydrogens (tertiary/aromatic N) is 2. The first-order chi connectivity index (χ1) is 13.3. The van der Waals surface area contributed by atoms with E-state index in [1.54, 1.807) is 11.7 Å². The van der Waals surface area contributed by atoms with Crippen LogP contribution in [0.4, 0.5) is 20.7 Å².